The van der Waals surface area contributed by atoms with Gasteiger partial charge in [-0.2, -0.15) is 0 Å². The first-order chi connectivity index (χ1) is 9.90. The second-order valence-electron chi connectivity index (χ2n) is 5.42. The zero-order valence-corrected chi connectivity index (χ0v) is 13.1. The van der Waals surface area contributed by atoms with E-state index >= 15 is 0 Å². The third-order valence-corrected chi connectivity index (χ3v) is 4.28. The summed E-state index contributed by atoms with van der Waals surface area (Å²) in [5.74, 6) is -0.574. The monoisotopic (exact) mass is 309 g/mol. The van der Waals surface area contributed by atoms with Gasteiger partial charge in [0.15, 0.2) is 0 Å². The zero-order valence-electron chi connectivity index (χ0n) is 12.3. The molecular formula is C14H19N3O3S. The van der Waals surface area contributed by atoms with Crippen molar-refractivity contribution in [2.45, 2.75) is 26.4 Å². The minimum atomic E-state index is -0.534. The van der Waals surface area contributed by atoms with Crippen molar-refractivity contribution >= 4 is 29.2 Å². The van der Waals surface area contributed by atoms with Gasteiger partial charge in [0.25, 0.3) is 5.91 Å². The number of rotatable bonds is 5. The molecule has 0 aliphatic carbocycles. The molecule has 7 heteroatoms. The lowest BCUT2D eigenvalue weighted by molar-refractivity contribution is -0.137. The lowest BCUT2D eigenvalue weighted by Gasteiger charge is -2.20. The standard InChI is InChI=1S/C14H19N3O3S/c1-9(2)12-13(19)17(14(20)15-12)8-11(18)16(3)7-10-5-4-6-21-10/h4-6,9,12H,7-8H2,1-3H3,(H,15,20). The highest BCUT2D eigenvalue weighted by Gasteiger charge is 2.40. The van der Waals surface area contributed by atoms with Crippen molar-refractivity contribution in [1.29, 1.82) is 0 Å². The summed E-state index contributed by atoms with van der Waals surface area (Å²) in [6.45, 7) is 3.98. The van der Waals surface area contributed by atoms with Gasteiger partial charge in [-0.3, -0.25) is 14.5 Å². The zero-order chi connectivity index (χ0) is 15.6. The summed E-state index contributed by atoms with van der Waals surface area (Å²) < 4.78 is 0. The molecule has 0 spiro atoms. The molecule has 4 amide bonds. The third-order valence-electron chi connectivity index (χ3n) is 3.42. The van der Waals surface area contributed by atoms with Crippen molar-refractivity contribution in [3.8, 4) is 0 Å². The first kappa shape index (κ1) is 15.5. The van der Waals surface area contributed by atoms with Crippen LogP contribution in [0.15, 0.2) is 17.5 Å². The van der Waals surface area contributed by atoms with Crippen molar-refractivity contribution < 1.29 is 14.4 Å². The molecule has 1 aromatic rings. The highest BCUT2D eigenvalue weighted by Crippen LogP contribution is 2.15. The fourth-order valence-corrected chi connectivity index (χ4v) is 2.88. The van der Waals surface area contributed by atoms with Crippen molar-refractivity contribution in [3.05, 3.63) is 22.4 Å². The molecule has 1 aliphatic rings. The minimum Gasteiger partial charge on any atom is -0.339 e. The van der Waals surface area contributed by atoms with Crippen molar-refractivity contribution in [2.75, 3.05) is 13.6 Å². The first-order valence-corrected chi connectivity index (χ1v) is 7.66. The summed E-state index contributed by atoms with van der Waals surface area (Å²) in [6, 6.07) is 2.84. The van der Waals surface area contributed by atoms with Crippen LogP contribution in [0.25, 0.3) is 0 Å². The number of hydrogen-bond acceptors (Lipinski definition) is 4. The quantitative estimate of drug-likeness (QED) is 0.833. The Bertz CT molecular complexity index is 542. The second kappa shape index (κ2) is 6.26. The van der Waals surface area contributed by atoms with Gasteiger partial charge in [0.05, 0.1) is 6.54 Å². The fourth-order valence-electron chi connectivity index (χ4n) is 2.12. The minimum absolute atomic E-state index is 0.00500. The molecule has 2 rings (SSSR count). The lowest BCUT2D eigenvalue weighted by Crippen LogP contribution is -2.42. The molecule has 1 saturated heterocycles. The predicted octanol–water partition coefficient (Wildman–Crippen LogP) is 1.28. The molecule has 1 fully saturated rings. The average molecular weight is 309 g/mol. The van der Waals surface area contributed by atoms with Gasteiger partial charge in [0, 0.05) is 11.9 Å². The van der Waals surface area contributed by atoms with Crippen LogP contribution in [-0.4, -0.2) is 47.3 Å². The number of urea groups is 1. The Morgan fingerprint density at radius 2 is 2.19 bits per heavy atom. The van der Waals surface area contributed by atoms with Gasteiger partial charge in [0.1, 0.15) is 12.6 Å². The highest BCUT2D eigenvalue weighted by atomic mass is 32.1. The number of thiophene rings is 1. The molecule has 1 atom stereocenters. The number of carbonyl (C=O) groups excluding carboxylic acids is 3. The van der Waals surface area contributed by atoms with Crippen LogP contribution in [0.5, 0.6) is 0 Å². The summed E-state index contributed by atoms with van der Waals surface area (Å²) in [5.41, 5.74) is 0. The number of imide groups is 1. The molecule has 1 unspecified atom stereocenters. The summed E-state index contributed by atoms with van der Waals surface area (Å²) in [7, 11) is 1.67. The van der Waals surface area contributed by atoms with Gasteiger partial charge in [-0.15, -0.1) is 11.3 Å². The van der Waals surface area contributed by atoms with Crippen molar-refractivity contribution in [3.63, 3.8) is 0 Å². The van der Waals surface area contributed by atoms with Gasteiger partial charge in [0.2, 0.25) is 5.91 Å². The van der Waals surface area contributed by atoms with E-state index in [1.807, 2.05) is 31.4 Å². The molecule has 21 heavy (non-hydrogen) atoms. The SMILES string of the molecule is CC(C)C1NC(=O)N(CC(=O)N(C)Cc2cccs2)C1=O. The first-order valence-electron chi connectivity index (χ1n) is 6.78. The van der Waals surface area contributed by atoms with E-state index in [4.69, 9.17) is 0 Å². The second-order valence-corrected chi connectivity index (χ2v) is 6.46. The molecule has 6 nitrogen and oxygen atoms in total. The van der Waals surface area contributed by atoms with E-state index in [0.717, 1.165) is 9.78 Å². The molecule has 0 radical (unpaired) electrons. The van der Waals surface area contributed by atoms with E-state index in [9.17, 15) is 14.4 Å². The molecule has 1 aromatic heterocycles. The Labute approximate surface area is 127 Å². The van der Waals surface area contributed by atoms with Crippen LogP contribution >= 0.6 is 11.3 Å². The average Bonchev–Trinajstić information content (AvgIpc) is 3.01. The maximum absolute atomic E-state index is 12.1. The van der Waals surface area contributed by atoms with Crippen LogP contribution in [0.3, 0.4) is 0 Å². The smallest absolute Gasteiger partial charge is 0.325 e. The number of amides is 4. The number of carbonyl (C=O) groups is 3. The molecule has 0 bridgehead atoms. The molecule has 1 N–H and O–H groups in total. The molecule has 0 saturated carbocycles. The van der Waals surface area contributed by atoms with Crippen molar-refractivity contribution in [2.24, 2.45) is 5.92 Å². The Hall–Kier alpha value is -1.89. The Balaban J connectivity index is 1.96. The van der Waals surface area contributed by atoms with Crippen LogP contribution in [0.4, 0.5) is 4.79 Å². The Morgan fingerprint density at radius 1 is 1.48 bits per heavy atom. The van der Waals surface area contributed by atoms with E-state index in [1.54, 1.807) is 18.4 Å². The lowest BCUT2D eigenvalue weighted by atomic mass is 10.1. The number of nitrogens with one attached hydrogen (secondary N) is 1. The summed E-state index contributed by atoms with van der Waals surface area (Å²) >= 11 is 1.56. The van der Waals surface area contributed by atoms with E-state index in [-0.39, 0.29) is 24.3 Å². The number of nitrogens with zero attached hydrogens (tertiary/aromatic N) is 2. The van der Waals surface area contributed by atoms with Crippen LogP contribution in [0.2, 0.25) is 0 Å². The van der Waals surface area contributed by atoms with Crippen LogP contribution in [-0.2, 0) is 16.1 Å². The van der Waals surface area contributed by atoms with Crippen LogP contribution in [0.1, 0.15) is 18.7 Å². The highest BCUT2D eigenvalue weighted by molar-refractivity contribution is 7.09. The summed E-state index contributed by atoms with van der Waals surface area (Å²) in [6.07, 6.45) is 0. The maximum Gasteiger partial charge on any atom is 0.325 e. The van der Waals surface area contributed by atoms with Crippen molar-refractivity contribution in [1.82, 2.24) is 15.1 Å². The van der Waals surface area contributed by atoms with Gasteiger partial charge in [-0.05, 0) is 17.4 Å². The van der Waals surface area contributed by atoms with Crippen LogP contribution in [0, 0.1) is 5.92 Å². The molecule has 114 valence electrons. The maximum atomic E-state index is 12.1. The Kier molecular flexibility index (Phi) is 4.62. The van der Waals surface area contributed by atoms with E-state index in [2.05, 4.69) is 5.32 Å². The molecule has 0 aromatic carbocycles. The molecule has 2 heterocycles. The number of likely N-dealkylation sites (N-methyl/N-ethyl adjacent to an activating group) is 1. The molecule has 1 aliphatic heterocycles. The van der Waals surface area contributed by atoms with E-state index < -0.39 is 12.1 Å². The summed E-state index contributed by atoms with van der Waals surface area (Å²) in [5, 5.41) is 4.55. The van der Waals surface area contributed by atoms with Crippen LogP contribution < -0.4 is 5.32 Å². The van der Waals surface area contributed by atoms with E-state index in [0.29, 0.717) is 6.54 Å². The predicted molar refractivity (Wildman–Crippen MR) is 79.7 cm³/mol. The van der Waals surface area contributed by atoms with Gasteiger partial charge in [-0.25, -0.2) is 4.79 Å². The Morgan fingerprint density at radius 3 is 2.71 bits per heavy atom. The summed E-state index contributed by atoms with van der Waals surface area (Å²) in [4.78, 5) is 39.6. The van der Waals surface area contributed by atoms with Gasteiger partial charge >= 0.3 is 6.03 Å². The topological polar surface area (TPSA) is 69.7 Å². The third kappa shape index (κ3) is 3.41. The van der Waals surface area contributed by atoms with E-state index in [1.165, 1.54) is 4.90 Å². The largest absolute Gasteiger partial charge is 0.339 e. The fraction of sp³-hybridized carbons (Fsp3) is 0.500. The number of hydrogen-bond donors (Lipinski definition) is 1. The van der Waals surface area contributed by atoms with Gasteiger partial charge in [-0.1, -0.05) is 19.9 Å². The normalized spacial score (nSPS) is 18.3. The van der Waals surface area contributed by atoms with Gasteiger partial charge < -0.3 is 10.2 Å². The molecular weight excluding hydrogens is 290 g/mol.